The molecule has 0 unspecified atom stereocenters. The molecular formula is C17H10O2S2. The Balaban J connectivity index is 1.83. The molecule has 2 aromatic carbocycles. The Bertz CT molecular complexity index is 850. The predicted molar refractivity (Wildman–Crippen MR) is 85.0 cm³/mol. The molecule has 0 N–H and O–H groups in total. The van der Waals surface area contributed by atoms with E-state index in [1.165, 1.54) is 23.5 Å². The van der Waals surface area contributed by atoms with Crippen LogP contribution in [0.25, 0.3) is 0 Å². The Labute approximate surface area is 130 Å². The molecule has 0 radical (unpaired) electrons. The Morgan fingerprint density at radius 1 is 0.762 bits per heavy atom. The largest absolute Gasteiger partial charge is 0.288 e. The monoisotopic (exact) mass is 310 g/mol. The van der Waals surface area contributed by atoms with E-state index in [4.69, 9.17) is 0 Å². The molecule has 0 fully saturated rings. The van der Waals surface area contributed by atoms with E-state index in [1.807, 2.05) is 49.4 Å². The van der Waals surface area contributed by atoms with Gasteiger partial charge in [0.15, 0.2) is 0 Å². The number of aryl methyl sites for hydroxylation is 1. The summed E-state index contributed by atoms with van der Waals surface area (Å²) in [6.45, 7) is 1.97. The Kier molecular flexibility index (Phi) is 2.84. The van der Waals surface area contributed by atoms with Crippen molar-refractivity contribution in [2.24, 2.45) is 0 Å². The molecule has 4 heteroatoms. The third-order valence-corrected chi connectivity index (χ3v) is 6.02. The Morgan fingerprint density at radius 2 is 1.38 bits per heavy atom. The molecule has 4 rings (SSSR count). The first-order chi connectivity index (χ1) is 10.1. The van der Waals surface area contributed by atoms with Crippen LogP contribution in [0.15, 0.2) is 62.1 Å². The van der Waals surface area contributed by atoms with Gasteiger partial charge in [-0.3, -0.25) is 9.59 Å². The van der Waals surface area contributed by atoms with Crippen LogP contribution in [0.3, 0.4) is 0 Å². The number of carbonyl (C=O) groups excluding carboxylic acids is 2. The lowest BCUT2D eigenvalue weighted by molar-refractivity contribution is 0.101. The molecule has 0 saturated heterocycles. The van der Waals surface area contributed by atoms with Crippen molar-refractivity contribution in [2.45, 2.75) is 16.7 Å². The van der Waals surface area contributed by atoms with Crippen molar-refractivity contribution in [3.63, 3.8) is 0 Å². The lowest BCUT2D eigenvalue weighted by Gasteiger charge is -1.98. The highest BCUT2D eigenvalue weighted by Gasteiger charge is 2.35. The molecule has 2 aliphatic heterocycles. The molecule has 2 aromatic rings. The number of fused-ring (bicyclic) bond motifs is 2. The smallest absolute Gasteiger partial charge is 0.202 e. The molecule has 0 aliphatic carbocycles. The summed E-state index contributed by atoms with van der Waals surface area (Å²) in [7, 11) is 0. The zero-order valence-corrected chi connectivity index (χ0v) is 12.8. The highest BCUT2D eigenvalue weighted by atomic mass is 32.2. The number of allylic oxidation sites excluding steroid dienone is 2. The van der Waals surface area contributed by atoms with Crippen LogP contribution in [0, 0.1) is 6.92 Å². The van der Waals surface area contributed by atoms with Crippen LogP contribution in [0.2, 0.25) is 0 Å². The standard InChI is InChI=1S/C17H10O2S2/c1-9-6-7-13-11(8-9)15(19)17(21-13)16-14(18)10-4-2-3-5-12(10)20-16/h2-8H,1H3/b17-16+. The maximum atomic E-state index is 12.6. The van der Waals surface area contributed by atoms with Gasteiger partial charge in [-0.05, 0) is 31.2 Å². The molecule has 0 spiro atoms. The van der Waals surface area contributed by atoms with Crippen molar-refractivity contribution >= 4 is 35.1 Å². The van der Waals surface area contributed by atoms with Crippen LogP contribution in [0.1, 0.15) is 26.3 Å². The maximum absolute atomic E-state index is 12.6. The number of thioether (sulfide) groups is 2. The average molecular weight is 310 g/mol. The van der Waals surface area contributed by atoms with Gasteiger partial charge in [0, 0.05) is 20.9 Å². The van der Waals surface area contributed by atoms with E-state index in [-0.39, 0.29) is 11.6 Å². The molecule has 2 aliphatic rings. The summed E-state index contributed by atoms with van der Waals surface area (Å²) in [6, 6.07) is 13.4. The Morgan fingerprint density at radius 3 is 2.10 bits per heavy atom. The number of rotatable bonds is 0. The van der Waals surface area contributed by atoms with Gasteiger partial charge in [-0.2, -0.15) is 0 Å². The highest BCUT2D eigenvalue weighted by molar-refractivity contribution is 8.08. The molecule has 0 aromatic heterocycles. The van der Waals surface area contributed by atoms with Crippen LogP contribution in [-0.4, -0.2) is 11.6 Å². The second kappa shape index (κ2) is 4.61. The first-order valence-corrected chi connectivity index (χ1v) is 8.17. The van der Waals surface area contributed by atoms with Crippen molar-refractivity contribution in [3.8, 4) is 0 Å². The average Bonchev–Trinajstić information content (AvgIpc) is 2.98. The number of hydrogen-bond donors (Lipinski definition) is 0. The number of Topliss-reactive ketones (excluding diaryl/α,β-unsaturated/α-hetero) is 2. The van der Waals surface area contributed by atoms with Gasteiger partial charge in [0.25, 0.3) is 0 Å². The molecular weight excluding hydrogens is 300 g/mol. The van der Waals surface area contributed by atoms with Gasteiger partial charge in [0.05, 0.1) is 9.81 Å². The maximum Gasteiger partial charge on any atom is 0.202 e. The molecule has 0 amide bonds. The summed E-state index contributed by atoms with van der Waals surface area (Å²) in [6.07, 6.45) is 0. The topological polar surface area (TPSA) is 34.1 Å². The minimum atomic E-state index is -0.0315. The molecule has 21 heavy (non-hydrogen) atoms. The van der Waals surface area contributed by atoms with E-state index >= 15 is 0 Å². The van der Waals surface area contributed by atoms with Crippen molar-refractivity contribution in [1.82, 2.24) is 0 Å². The summed E-state index contributed by atoms with van der Waals surface area (Å²) in [4.78, 5) is 28.1. The van der Waals surface area contributed by atoms with Crippen LogP contribution < -0.4 is 0 Å². The summed E-state index contributed by atoms with van der Waals surface area (Å²) in [5, 5.41) is 0. The van der Waals surface area contributed by atoms with Gasteiger partial charge in [-0.1, -0.05) is 47.3 Å². The highest BCUT2D eigenvalue weighted by Crippen LogP contribution is 2.49. The van der Waals surface area contributed by atoms with Gasteiger partial charge in [-0.15, -0.1) is 0 Å². The zero-order valence-electron chi connectivity index (χ0n) is 11.2. The summed E-state index contributed by atoms with van der Waals surface area (Å²) in [5.74, 6) is -0.0571. The molecule has 0 atom stereocenters. The second-order valence-corrected chi connectivity index (χ2v) is 7.12. The molecule has 102 valence electrons. The first kappa shape index (κ1) is 12.9. The second-order valence-electron chi connectivity index (χ2n) is 5.02. The predicted octanol–water partition coefficient (Wildman–Crippen LogP) is 4.48. The summed E-state index contributed by atoms with van der Waals surface area (Å²) in [5.41, 5.74) is 2.47. The zero-order chi connectivity index (χ0) is 14.6. The Hall–Kier alpha value is -1.78. The van der Waals surface area contributed by atoms with Crippen molar-refractivity contribution < 1.29 is 9.59 Å². The van der Waals surface area contributed by atoms with E-state index in [2.05, 4.69) is 0 Å². The molecule has 0 bridgehead atoms. The first-order valence-electron chi connectivity index (χ1n) is 6.54. The van der Waals surface area contributed by atoms with E-state index in [9.17, 15) is 9.59 Å². The third-order valence-electron chi connectivity index (χ3n) is 3.55. The fourth-order valence-corrected chi connectivity index (χ4v) is 4.79. The fraction of sp³-hybridized carbons (Fsp3) is 0.0588. The van der Waals surface area contributed by atoms with E-state index in [0.717, 1.165) is 15.4 Å². The van der Waals surface area contributed by atoms with Crippen LogP contribution in [0.4, 0.5) is 0 Å². The third kappa shape index (κ3) is 1.90. The van der Waals surface area contributed by atoms with Crippen molar-refractivity contribution in [3.05, 3.63) is 69.0 Å². The normalized spacial score (nSPS) is 19.9. The van der Waals surface area contributed by atoms with Crippen molar-refractivity contribution in [1.29, 1.82) is 0 Å². The van der Waals surface area contributed by atoms with Crippen LogP contribution in [0.5, 0.6) is 0 Å². The van der Waals surface area contributed by atoms with Gasteiger partial charge >= 0.3 is 0 Å². The van der Waals surface area contributed by atoms with Crippen molar-refractivity contribution in [2.75, 3.05) is 0 Å². The molecule has 0 saturated carbocycles. The van der Waals surface area contributed by atoms with Crippen LogP contribution in [-0.2, 0) is 0 Å². The summed E-state index contributed by atoms with van der Waals surface area (Å²) >= 11 is 2.82. The van der Waals surface area contributed by atoms with Gasteiger partial charge < -0.3 is 0 Å². The summed E-state index contributed by atoms with van der Waals surface area (Å²) < 4.78 is 0. The van der Waals surface area contributed by atoms with Gasteiger partial charge in [0.1, 0.15) is 0 Å². The number of carbonyl (C=O) groups is 2. The number of benzene rings is 2. The SMILES string of the molecule is Cc1ccc2c(c1)C(=O)/C(=C1\Sc3ccccc3C1=O)S2. The fourth-order valence-electron chi connectivity index (χ4n) is 2.51. The lowest BCUT2D eigenvalue weighted by atomic mass is 10.1. The quantitative estimate of drug-likeness (QED) is 0.672. The molecule has 2 nitrogen and oxygen atoms in total. The van der Waals surface area contributed by atoms with E-state index in [1.54, 1.807) is 0 Å². The molecule has 2 heterocycles. The van der Waals surface area contributed by atoms with Gasteiger partial charge in [-0.25, -0.2) is 0 Å². The van der Waals surface area contributed by atoms with E-state index in [0.29, 0.717) is 20.9 Å². The van der Waals surface area contributed by atoms with Gasteiger partial charge in [0.2, 0.25) is 11.6 Å². The van der Waals surface area contributed by atoms with E-state index < -0.39 is 0 Å². The lowest BCUT2D eigenvalue weighted by Crippen LogP contribution is -2.02. The number of ketones is 2. The minimum Gasteiger partial charge on any atom is -0.288 e. The number of hydrogen-bond acceptors (Lipinski definition) is 4. The minimum absolute atomic E-state index is 0.0256. The van der Waals surface area contributed by atoms with Crippen LogP contribution >= 0.6 is 23.5 Å².